The summed E-state index contributed by atoms with van der Waals surface area (Å²) in [5, 5.41) is 9.08. The number of nitrogens with zero attached hydrogens (tertiary/aromatic N) is 2. The number of likely N-dealkylation sites (tertiary alicyclic amines) is 2. The predicted molar refractivity (Wildman–Crippen MR) is 77.6 cm³/mol. The molecule has 2 aliphatic rings. The fourth-order valence-corrected chi connectivity index (χ4v) is 3.73. The van der Waals surface area contributed by atoms with Gasteiger partial charge in [0.2, 0.25) is 0 Å². The van der Waals surface area contributed by atoms with Crippen molar-refractivity contribution in [3.63, 3.8) is 0 Å². The van der Waals surface area contributed by atoms with Crippen LogP contribution < -0.4 is 0 Å². The molecule has 0 aromatic heterocycles. The third kappa shape index (κ3) is 2.52. The van der Waals surface area contributed by atoms with Gasteiger partial charge in [-0.2, -0.15) is 0 Å². The summed E-state index contributed by atoms with van der Waals surface area (Å²) in [5.74, 6) is 0. The molecule has 4 heteroatoms. The first-order chi connectivity index (χ1) is 9.70. The van der Waals surface area contributed by atoms with Crippen LogP contribution in [-0.4, -0.2) is 46.2 Å². The smallest absolute Gasteiger partial charge is 0.407 e. The normalized spacial score (nSPS) is 22.3. The molecule has 2 aliphatic heterocycles. The number of amides is 1. The van der Waals surface area contributed by atoms with Crippen molar-refractivity contribution in [1.29, 1.82) is 0 Å². The quantitative estimate of drug-likeness (QED) is 0.902. The van der Waals surface area contributed by atoms with E-state index in [9.17, 15) is 4.79 Å². The van der Waals surface area contributed by atoms with Gasteiger partial charge in [0.1, 0.15) is 0 Å². The largest absolute Gasteiger partial charge is 0.465 e. The van der Waals surface area contributed by atoms with Crippen molar-refractivity contribution in [2.45, 2.75) is 37.8 Å². The summed E-state index contributed by atoms with van der Waals surface area (Å²) in [4.78, 5) is 15.2. The van der Waals surface area contributed by atoms with Gasteiger partial charge < -0.3 is 10.0 Å². The van der Waals surface area contributed by atoms with Crippen molar-refractivity contribution in [2.75, 3.05) is 19.6 Å². The number of piperidine rings is 1. The maximum absolute atomic E-state index is 11.0. The lowest BCUT2D eigenvalue weighted by atomic mass is 9.85. The van der Waals surface area contributed by atoms with Crippen LogP contribution in [0.15, 0.2) is 30.3 Å². The van der Waals surface area contributed by atoms with E-state index in [1.807, 2.05) is 0 Å². The molecule has 0 saturated carbocycles. The van der Waals surface area contributed by atoms with E-state index in [0.717, 1.165) is 25.9 Å². The number of hydrogen-bond donors (Lipinski definition) is 1. The summed E-state index contributed by atoms with van der Waals surface area (Å²) in [6, 6.07) is 10.6. The molecule has 4 nitrogen and oxygen atoms in total. The first-order valence-corrected chi connectivity index (χ1v) is 7.46. The van der Waals surface area contributed by atoms with Gasteiger partial charge in [-0.05, 0) is 37.8 Å². The first kappa shape index (κ1) is 13.4. The highest BCUT2D eigenvalue weighted by Crippen LogP contribution is 2.39. The van der Waals surface area contributed by atoms with E-state index in [-0.39, 0.29) is 5.54 Å². The molecule has 0 aliphatic carbocycles. The van der Waals surface area contributed by atoms with Gasteiger partial charge in [0.15, 0.2) is 0 Å². The summed E-state index contributed by atoms with van der Waals surface area (Å²) in [6.07, 6.45) is 3.64. The molecule has 1 spiro atoms. The average molecular weight is 274 g/mol. The van der Waals surface area contributed by atoms with E-state index >= 15 is 0 Å². The van der Waals surface area contributed by atoms with E-state index < -0.39 is 6.09 Å². The number of benzene rings is 1. The van der Waals surface area contributed by atoms with Crippen molar-refractivity contribution in [2.24, 2.45) is 0 Å². The summed E-state index contributed by atoms with van der Waals surface area (Å²) in [7, 11) is 0. The van der Waals surface area contributed by atoms with E-state index in [0.29, 0.717) is 13.1 Å². The zero-order valence-electron chi connectivity index (χ0n) is 11.8. The second-order valence-electron chi connectivity index (χ2n) is 6.00. The van der Waals surface area contributed by atoms with E-state index in [1.54, 1.807) is 4.90 Å². The molecule has 0 atom stereocenters. The van der Waals surface area contributed by atoms with Gasteiger partial charge in [-0.1, -0.05) is 30.3 Å². The third-order valence-corrected chi connectivity index (χ3v) is 4.92. The Kier molecular flexibility index (Phi) is 3.66. The first-order valence-electron chi connectivity index (χ1n) is 7.46. The van der Waals surface area contributed by atoms with Gasteiger partial charge in [-0.3, -0.25) is 4.90 Å². The Balaban J connectivity index is 1.68. The molecule has 3 rings (SSSR count). The van der Waals surface area contributed by atoms with Gasteiger partial charge in [0.05, 0.1) is 0 Å². The minimum atomic E-state index is -0.771. The van der Waals surface area contributed by atoms with E-state index in [2.05, 4.69) is 35.2 Å². The maximum Gasteiger partial charge on any atom is 0.407 e. The van der Waals surface area contributed by atoms with Gasteiger partial charge in [0.25, 0.3) is 0 Å². The van der Waals surface area contributed by atoms with Crippen molar-refractivity contribution in [1.82, 2.24) is 9.80 Å². The van der Waals surface area contributed by atoms with Crippen LogP contribution in [0.1, 0.15) is 31.2 Å². The summed E-state index contributed by atoms with van der Waals surface area (Å²) < 4.78 is 0. The number of carboxylic acid groups (broad SMARTS) is 1. The number of hydrogen-bond acceptors (Lipinski definition) is 2. The van der Waals surface area contributed by atoms with Gasteiger partial charge >= 0.3 is 6.09 Å². The fourth-order valence-electron chi connectivity index (χ4n) is 3.73. The molecule has 20 heavy (non-hydrogen) atoms. The Bertz CT molecular complexity index is 467. The molecule has 0 unspecified atom stereocenters. The molecule has 1 amide bonds. The van der Waals surface area contributed by atoms with Crippen LogP contribution in [0.3, 0.4) is 0 Å². The summed E-state index contributed by atoms with van der Waals surface area (Å²) >= 11 is 0. The molecular formula is C16H22N2O2. The fraction of sp³-hybridized carbons (Fsp3) is 0.562. The molecule has 1 aromatic carbocycles. The van der Waals surface area contributed by atoms with Crippen molar-refractivity contribution in [3.05, 3.63) is 35.9 Å². The lowest BCUT2D eigenvalue weighted by molar-refractivity contribution is 0.0479. The molecule has 2 fully saturated rings. The minimum Gasteiger partial charge on any atom is -0.465 e. The van der Waals surface area contributed by atoms with Crippen LogP contribution in [0.2, 0.25) is 0 Å². The zero-order valence-corrected chi connectivity index (χ0v) is 11.8. The third-order valence-electron chi connectivity index (χ3n) is 4.92. The molecule has 1 N–H and O–H groups in total. The van der Waals surface area contributed by atoms with Crippen LogP contribution >= 0.6 is 0 Å². The predicted octanol–water partition coefficient (Wildman–Crippen LogP) is 2.80. The maximum atomic E-state index is 11.0. The number of rotatable bonds is 2. The van der Waals surface area contributed by atoms with Crippen molar-refractivity contribution in [3.8, 4) is 0 Å². The van der Waals surface area contributed by atoms with Crippen molar-refractivity contribution >= 4 is 6.09 Å². The Morgan fingerprint density at radius 2 is 1.80 bits per heavy atom. The van der Waals surface area contributed by atoms with E-state index in [4.69, 9.17) is 5.11 Å². The second kappa shape index (κ2) is 5.44. The molecule has 1 aromatic rings. The summed E-state index contributed by atoms with van der Waals surface area (Å²) in [5.41, 5.74) is 1.59. The molecule has 0 radical (unpaired) electrons. The standard InChI is InChI=1S/C16H22N2O2/c19-15(20)17-11-8-16(9-12-17)7-4-10-18(16)13-14-5-2-1-3-6-14/h1-3,5-6H,4,7-13H2,(H,19,20). The van der Waals surface area contributed by atoms with Crippen LogP contribution in [0.4, 0.5) is 4.79 Å². The van der Waals surface area contributed by atoms with Crippen LogP contribution in [0.5, 0.6) is 0 Å². The Labute approximate surface area is 120 Å². The highest BCUT2D eigenvalue weighted by Gasteiger charge is 2.43. The Hall–Kier alpha value is -1.55. The molecule has 108 valence electrons. The monoisotopic (exact) mass is 274 g/mol. The lowest BCUT2D eigenvalue weighted by Gasteiger charge is -2.44. The van der Waals surface area contributed by atoms with E-state index in [1.165, 1.54) is 18.4 Å². The lowest BCUT2D eigenvalue weighted by Crippen LogP contribution is -2.52. The van der Waals surface area contributed by atoms with Gasteiger partial charge in [-0.25, -0.2) is 4.79 Å². The summed E-state index contributed by atoms with van der Waals surface area (Å²) in [6.45, 7) is 3.50. The highest BCUT2D eigenvalue weighted by molar-refractivity contribution is 5.65. The second-order valence-corrected chi connectivity index (χ2v) is 6.00. The Morgan fingerprint density at radius 3 is 2.45 bits per heavy atom. The van der Waals surface area contributed by atoms with Crippen LogP contribution in [0, 0.1) is 0 Å². The SMILES string of the molecule is O=C(O)N1CCC2(CCCN2Cc2ccccc2)CC1. The van der Waals surface area contributed by atoms with Gasteiger partial charge in [0, 0.05) is 25.2 Å². The molecular weight excluding hydrogens is 252 g/mol. The molecule has 0 bridgehead atoms. The molecule has 2 heterocycles. The number of carbonyl (C=O) groups is 1. The topological polar surface area (TPSA) is 43.8 Å². The molecule has 2 saturated heterocycles. The van der Waals surface area contributed by atoms with Crippen LogP contribution in [-0.2, 0) is 6.54 Å². The highest BCUT2D eigenvalue weighted by atomic mass is 16.4. The van der Waals surface area contributed by atoms with Crippen molar-refractivity contribution < 1.29 is 9.90 Å². The van der Waals surface area contributed by atoms with Gasteiger partial charge in [-0.15, -0.1) is 0 Å². The van der Waals surface area contributed by atoms with Crippen LogP contribution in [0.25, 0.3) is 0 Å². The Morgan fingerprint density at radius 1 is 1.10 bits per heavy atom. The minimum absolute atomic E-state index is 0.238. The zero-order chi connectivity index (χ0) is 14.0. The average Bonchev–Trinajstić information content (AvgIpc) is 2.83.